The van der Waals surface area contributed by atoms with Crippen LogP contribution < -0.4 is 5.32 Å². The zero-order valence-electron chi connectivity index (χ0n) is 9.01. The summed E-state index contributed by atoms with van der Waals surface area (Å²) >= 11 is 1.98. The molecular weight excluding hydrogens is 178 g/mol. The van der Waals surface area contributed by atoms with Crippen molar-refractivity contribution in [3.8, 4) is 0 Å². The first kappa shape index (κ1) is 11.4. The van der Waals surface area contributed by atoms with E-state index in [9.17, 15) is 0 Å². The fraction of sp³-hybridized carbons (Fsp3) is 1.00. The Morgan fingerprint density at radius 1 is 1.38 bits per heavy atom. The molecule has 2 atom stereocenters. The van der Waals surface area contributed by atoms with E-state index in [0.717, 1.165) is 18.5 Å². The quantitative estimate of drug-likeness (QED) is 0.663. The molecule has 1 aliphatic carbocycles. The normalized spacial score (nSPS) is 28.2. The van der Waals surface area contributed by atoms with Gasteiger partial charge in [-0.1, -0.05) is 6.92 Å². The van der Waals surface area contributed by atoms with Crippen molar-refractivity contribution in [2.24, 2.45) is 5.92 Å². The molecule has 0 radical (unpaired) electrons. The molecule has 0 spiro atoms. The average molecular weight is 201 g/mol. The van der Waals surface area contributed by atoms with Crippen LogP contribution in [0.15, 0.2) is 0 Å². The highest BCUT2D eigenvalue weighted by Crippen LogP contribution is 2.29. The van der Waals surface area contributed by atoms with Crippen molar-refractivity contribution in [3.63, 3.8) is 0 Å². The van der Waals surface area contributed by atoms with Gasteiger partial charge in [0.2, 0.25) is 0 Å². The van der Waals surface area contributed by atoms with E-state index in [0.29, 0.717) is 0 Å². The second kappa shape index (κ2) is 6.72. The summed E-state index contributed by atoms with van der Waals surface area (Å²) in [5.74, 6) is 2.37. The summed E-state index contributed by atoms with van der Waals surface area (Å²) in [6.45, 7) is 3.35. The van der Waals surface area contributed by atoms with E-state index in [-0.39, 0.29) is 0 Å². The molecule has 0 amide bonds. The van der Waals surface area contributed by atoms with Gasteiger partial charge in [-0.2, -0.15) is 11.8 Å². The third kappa shape index (κ3) is 4.37. The predicted octanol–water partition coefficient (Wildman–Crippen LogP) is 2.91. The van der Waals surface area contributed by atoms with Gasteiger partial charge in [-0.3, -0.25) is 0 Å². The smallest absolute Gasteiger partial charge is 0.00696 e. The Morgan fingerprint density at radius 2 is 2.23 bits per heavy atom. The van der Waals surface area contributed by atoms with E-state index in [2.05, 4.69) is 18.5 Å². The molecule has 2 heteroatoms. The maximum atomic E-state index is 3.56. The molecule has 13 heavy (non-hydrogen) atoms. The van der Waals surface area contributed by atoms with E-state index in [4.69, 9.17) is 0 Å². The van der Waals surface area contributed by atoms with Gasteiger partial charge in [0.05, 0.1) is 0 Å². The zero-order chi connectivity index (χ0) is 9.52. The second-order valence-electron chi connectivity index (χ2n) is 4.07. The lowest BCUT2D eigenvalue weighted by Crippen LogP contribution is -2.25. The molecule has 1 aliphatic rings. The Kier molecular flexibility index (Phi) is 5.88. The summed E-state index contributed by atoms with van der Waals surface area (Å²) in [7, 11) is 0. The topological polar surface area (TPSA) is 12.0 Å². The van der Waals surface area contributed by atoms with Crippen molar-refractivity contribution in [1.82, 2.24) is 5.32 Å². The third-order valence-electron chi connectivity index (χ3n) is 2.99. The van der Waals surface area contributed by atoms with Gasteiger partial charge in [0.1, 0.15) is 0 Å². The lowest BCUT2D eigenvalue weighted by molar-refractivity contribution is 0.467. The Morgan fingerprint density at radius 3 is 2.92 bits per heavy atom. The van der Waals surface area contributed by atoms with Crippen LogP contribution in [-0.4, -0.2) is 24.6 Å². The van der Waals surface area contributed by atoms with Gasteiger partial charge in [0.15, 0.2) is 0 Å². The summed E-state index contributed by atoms with van der Waals surface area (Å²) < 4.78 is 0. The monoisotopic (exact) mass is 201 g/mol. The Balaban J connectivity index is 2.03. The molecule has 1 rings (SSSR count). The summed E-state index contributed by atoms with van der Waals surface area (Å²) in [5.41, 5.74) is 0. The largest absolute Gasteiger partial charge is 0.314 e. The van der Waals surface area contributed by atoms with Crippen LogP contribution in [-0.2, 0) is 0 Å². The molecule has 0 aromatic rings. The van der Waals surface area contributed by atoms with Gasteiger partial charge in [0.25, 0.3) is 0 Å². The maximum absolute atomic E-state index is 3.56. The molecule has 0 saturated heterocycles. The maximum Gasteiger partial charge on any atom is 0.00696 e. The summed E-state index contributed by atoms with van der Waals surface area (Å²) in [6, 6.07) is 0.837. The standard InChI is InChI=1S/C11H23NS/c1-3-12-11-7-6-10(9-11)5-4-8-13-2/h10-12H,3-9H2,1-2H3. The zero-order valence-corrected chi connectivity index (χ0v) is 9.83. The summed E-state index contributed by atoms with van der Waals surface area (Å²) in [5, 5.41) is 3.56. The highest BCUT2D eigenvalue weighted by Gasteiger charge is 2.22. The van der Waals surface area contributed by atoms with Crippen LogP contribution in [0.25, 0.3) is 0 Å². The Hall–Kier alpha value is 0.310. The summed E-state index contributed by atoms with van der Waals surface area (Å²) in [6.07, 6.45) is 9.40. The molecule has 1 fully saturated rings. The van der Waals surface area contributed by atoms with Crippen molar-refractivity contribution in [2.45, 2.75) is 45.1 Å². The van der Waals surface area contributed by atoms with Crippen molar-refractivity contribution in [3.05, 3.63) is 0 Å². The van der Waals surface area contributed by atoms with E-state index < -0.39 is 0 Å². The molecular formula is C11H23NS. The highest BCUT2D eigenvalue weighted by molar-refractivity contribution is 7.98. The van der Waals surface area contributed by atoms with Gasteiger partial charge >= 0.3 is 0 Å². The van der Waals surface area contributed by atoms with Crippen LogP contribution in [0.3, 0.4) is 0 Å². The highest BCUT2D eigenvalue weighted by atomic mass is 32.2. The van der Waals surface area contributed by atoms with Gasteiger partial charge in [-0.15, -0.1) is 0 Å². The number of nitrogens with one attached hydrogen (secondary N) is 1. The van der Waals surface area contributed by atoms with Gasteiger partial charge in [-0.25, -0.2) is 0 Å². The molecule has 2 unspecified atom stereocenters. The summed E-state index contributed by atoms with van der Waals surface area (Å²) in [4.78, 5) is 0. The van der Waals surface area contributed by atoms with E-state index in [1.807, 2.05) is 11.8 Å². The molecule has 0 heterocycles. The molecule has 78 valence electrons. The molecule has 0 aromatic heterocycles. The molecule has 0 aliphatic heterocycles. The fourth-order valence-corrected chi connectivity index (χ4v) is 2.78. The molecule has 1 nitrogen and oxygen atoms in total. The van der Waals surface area contributed by atoms with Crippen LogP contribution in [0.1, 0.15) is 39.0 Å². The van der Waals surface area contributed by atoms with Crippen molar-refractivity contribution in [1.29, 1.82) is 0 Å². The minimum atomic E-state index is 0.837. The lowest BCUT2D eigenvalue weighted by Gasteiger charge is -2.11. The van der Waals surface area contributed by atoms with Crippen LogP contribution in [0.4, 0.5) is 0 Å². The van der Waals surface area contributed by atoms with E-state index in [1.54, 1.807) is 0 Å². The fourth-order valence-electron chi connectivity index (χ4n) is 2.33. The third-order valence-corrected chi connectivity index (χ3v) is 3.69. The van der Waals surface area contributed by atoms with E-state index in [1.165, 1.54) is 37.9 Å². The second-order valence-corrected chi connectivity index (χ2v) is 5.05. The number of hydrogen-bond acceptors (Lipinski definition) is 2. The predicted molar refractivity (Wildman–Crippen MR) is 62.4 cm³/mol. The minimum Gasteiger partial charge on any atom is -0.314 e. The molecule has 0 aromatic carbocycles. The average Bonchev–Trinajstić information content (AvgIpc) is 2.54. The van der Waals surface area contributed by atoms with Crippen molar-refractivity contribution in [2.75, 3.05) is 18.6 Å². The number of thioether (sulfide) groups is 1. The lowest BCUT2D eigenvalue weighted by atomic mass is 10.0. The van der Waals surface area contributed by atoms with E-state index >= 15 is 0 Å². The Bertz CT molecular complexity index is 127. The van der Waals surface area contributed by atoms with Crippen LogP contribution in [0.5, 0.6) is 0 Å². The minimum absolute atomic E-state index is 0.837. The first-order valence-corrected chi connectivity index (χ1v) is 6.98. The number of rotatable bonds is 6. The molecule has 1 saturated carbocycles. The number of hydrogen-bond donors (Lipinski definition) is 1. The van der Waals surface area contributed by atoms with Crippen LogP contribution in [0.2, 0.25) is 0 Å². The van der Waals surface area contributed by atoms with Crippen LogP contribution in [0, 0.1) is 5.92 Å². The van der Waals surface area contributed by atoms with Gasteiger partial charge < -0.3 is 5.32 Å². The SMILES string of the molecule is CCNC1CCC(CCCSC)C1. The van der Waals surface area contributed by atoms with Crippen LogP contribution >= 0.6 is 11.8 Å². The van der Waals surface area contributed by atoms with Gasteiger partial charge in [-0.05, 0) is 56.6 Å². The van der Waals surface area contributed by atoms with Gasteiger partial charge in [0, 0.05) is 6.04 Å². The molecule has 0 bridgehead atoms. The first-order chi connectivity index (χ1) is 6.36. The first-order valence-electron chi connectivity index (χ1n) is 5.59. The van der Waals surface area contributed by atoms with Crippen molar-refractivity contribution < 1.29 is 0 Å². The molecule has 1 N–H and O–H groups in total. The Labute approximate surface area is 87.1 Å². The van der Waals surface area contributed by atoms with Crippen molar-refractivity contribution >= 4 is 11.8 Å².